The molecule has 0 radical (unpaired) electrons. The second-order valence-electron chi connectivity index (χ2n) is 3.28. The molecule has 0 aliphatic carbocycles. The van der Waals surface area contributed by atoms with Gasteiger partial charge in [0, 0.05) is 0 Å². The molecule has 0 bridgehead atoms. The summed E-state index contributed by atoms with van der Waals surface area (Å²) in [7, 11) is 0. The second kappa shape index (κ2) is 6.47. The summed E-state index contributed by atoms with van der Waals surface area (Å²) in [6, 6.07) is 10.6. The quantitative estimate of drug-likeness (QED) is 0.592. The standard InChI is InChI=1S/C13H18/c1-2-3-4-5-7-10-13-11-8-6-9-12-13/h4-6,8-9,11-12H,2-3,7,10H2,1H3/b5-4-. The highest BCUT2D eigenvalue weighted by Crippen LogP contribution is 2.03. The van der Waals surface area contributed by atoms with Gasteiger partial charge in [-0.2, -0.15) is 0 Å². The normalized spacial score (nSPS) is 10.8. The maximum atomic E-state index is 2.29. The highest BCUT2D eigenvalue weighted by Gasteiger charge is 1.87. The molecule has 0 atom stereocenters. The summed E-state index contributed by atoms with van der Waals surface area (Å²) in [6.45, 7) is 2.21. The van der Waals surface area contributed by atoms with Gasteiger partial charge in [0.05, 0.1) is 0 Å². The third-order valence-corrected chi connectivity index (χ3v) is 2.06. The lowest BCUT2D eigenvalue weighted by atomic mass is 10.1. The molecule has 0 saturated carbocycles. The van der Waals surface area contributed by atoms with Gasteiger partial charge in [-0.05, 0) is 24.8 Å². The average molecular weight is 174 g/mol. The topological polar surface area (TPSA) is 0 Å². The molecule has 0 spiro atoms. The molecule has 70 valence electrons. The number of unbranched alkanes of at least 4 members (excludes halogenated alkanes) is 1. The molecule has 0 N–H and O–H groups in total. The van der Waals surface area contributed by atoms with Gasteiger partial charge in [0.1, 0.15) is 0 Å². The van der Waals surface area contributed by atoms with E-state index in [-0.39, 0.29) is 0 Å². The van der Waals surface area contributed by atoms with Gasteiger partial charge in [0.25, 0.3) is 0 Å². The Hall–Kier alpha value is -1.04. The van der Waals surface area contributed by atoms with Gasteiger partial charge in [-0.3, -0.25) is 0 Å². The van der Waals surface area contributed by atoms with Gasteiger partial charge in [-0.1, -0.05) is 55.8 Å². The van der Waals surface area contributed by atoms with Crippen molar-refractivity contribution in [3.8, 4) is 0 Å². The monoisotopic (exact) mass is 174 g/mol. The number of rotatable bonds is 5. The lowest BCUT2D eigenvalue weighted by molar-refractivity contribution is 0.936. The number of benzene rings is 1. The first-order valence-corrected chi connectivity index (χ1v) is 5.12. The predicted octanol–water partition coefficient (Wildman–Crippen LogP) is 3.98. The van der Waals surface area contributed by atoms with Crippen LogP contribution in [0.25, 0.3) is 0 Å². The fraction of sp³-hybridized carbons (Fsp3) is 0.385. The van der Waals surface area contributed by atoms with E-state index in [1.54, 1.807) is 0 Å². The molecule has 0 amide bonds. The van der Waals surface area contributed by atoms with Crippen LogP contribution in [0.5, 0.6) is 0 Å². The minimum Gasteiger partial charge on any atom is -0.0885 e. The zero-order valence-electron chi connectivity index (χ0n) is 8.37. The Labute approximate surface area is 81.3 Å². The van der Waals surface area contributed by atoms with Gasteiger partial charge in [-0.25, -0.2) is 0 Å². The summed E-state index contributed by atoms with van der Waals surface area (Å²) in [5, 5.41) is 0. The molecule has 0 heterocycles. The number of hydrogen-bond acceptors (Lipinski definition) is 0. The van der Waals surface area contributed by atoms with E-state index in [4.69, 9.17) is 0 Å². The molecular weight excluding hydrogens is 156 g/mol. The largest absolute Gasteiger partial charge is 0.0885 e. The summed E-state index contributed by atoms with van der Waals surface area (Å²) in [6.07, 6.45) is 9.38. The Bertz CT molecular complexity index is 233. The van der Waals surface area contributed by atoms with E-state index in [1.807, 2.05) is 0 Å². The summed E-state index contributed by atoms with van der Waals surface area (Å²) in [5.74, 6) is 0. The molecule has 1 rings (SSSR count). The molecule has 0 unspecified atom stereocenters. The molecule has 1 aromatic carbocycles. The second-order valence-corrected chi connectivity index (χ2v) is 3.28. The zero-order valence-corrected chi connectivity index (χ0v) is 8.37. The minimum atomic E-state index is 1.17. The molecule has 0 saturated heterocycles. The van der Waals surface area contributed by atoms with Gasteiger partial charge in [0.2, 0.25) is 0 Å². The molecule has 0 aromatic heterocycles. The van der Waals surface area contributed by atoms with Gasteiger partial charge in [-0.15, -0.1) is 0 Å². The van der Waals surface area contributed by atoms with Crippen molar-refractivity contribution >= 4 is 0 Å². The van der Waals surface area contributed by atoms with E-state index >= 15 is 0 Å². The summed E-state index contributed by atoms with van der Waals surface area (Å²) in [4.78, 5) is 0. The Morgan fingerprint density at radius 3 is 2.38 bits per heavy atom. The van der Waals surface area contributed by atoms with Gasteiger partial charge < -0.3 is 0 Å². The molecule has 0 nitrogen and oxygen atoms in total. The van der Waals surface area contributed by atoms with E-state index in [2.05, 4.69) is 49.4 Å². The first-order chi connectivity index (χ1) is 6.43. The fourth-order valence-corrected chi connectivity index (χ4v) is 1.30. The highest BCUT2D eigenvalue weighted by atomic mass is 13.9. The van der Waals surface area contributed by atoms with Crippen LogP contribution in [0.15, 0.2) is 42.5 Å². The SMILES string of the molecule is CCC/C=C\CCc1ccccc1. The van der Waals surface area contributed by atoms with Crippen LogP contribution < -0.4 is 0 Å². The molecule has 1 aromatic rings. The molecule has 13 heavy (non-hydrogen) atoms. The van der Waals surface area contributed by atoms with Crippen LogP contribution in [0.4, 0.5) is 0 Å². The van der Waals surface area contributed by atoms with Crippen LogP contribution >= 0.6 is 0 Å². The number of aryl methyl sites for hydroxylation is 1. The maximum Gasteiger partial charge on any atom is -0.0244 e. The molecular formula is C13H18. The van der Waals surface area contributed by atoms with E-state index in [9.17, 15) is 0 Å². The van der Waals surface area contributed by atoms with Crippen molar-refractivity contribution in [2.24, 2.45) is 0 Å². The lowest BCUT2D eigenvalue weighted by Gasteiger charge is -1.95. The Morgan fingerprint density at radius 2 is 1.69 bits per heavy atom. The van der Waals surface area contributed by atoms with E-state index in [0.717, 1.165) is 0 Å². The van der Waals surface area contributed by atoms with Crippen molar-refractivity contribution in [3.63, 3.8) is 0 Å². The molecule has 0 aliphatic rings. The van der Waals surface area contributed by atoms with Crippen LogP contribution in [0.3, 0.4) is 0 Å². The number of hydrogen-bond donors (Lipinski definition) is 0. The van der Waals surface area contributed by atoms with Crippen LogP contribution in [0.2, 0.25) is 0 Å². The van der Waals surface area contributed by atoms with Crippen LogP contribution in [-0.2, 0) is 6.42 Å². The van der Waals surface area contributed by atoms with E-state index < -0.39 is 0 Å². The first-order valence-electron chi connectivity index (χ1n) is 5.12. The third-order valence-electron chi connectivity index (χ3n) is 2.06. The van der Waals surface area contributed by atoms with Crippen molar-refractivity contribution in [1.82, 2.24) is 0 Å². The van der Waals surface area contributed by atoms with Crippen LogP contribution in [-0.4, -0.2) is 0 Å². The Balaban J connectivity index is 2.20. The zero-order chi connectivity index (χ0) is 9.36. The summed E-state index contributed by atoms with van der Waals surface area (Å²) >= 11 is 0. The van der Waals surface area contributed by atoms with Crippen molar-refractivity contribution in [2.75, 3.05) is 0 Å². The van der Waals surface area contributed by atoms with Crippen molar-refractivity contribution in [3.05, 3.63) is 48.0 Å². The molecule has 0 heteroatoms. The van der Waals surface area contributed by atoms with Crippen molar-refractivity contribution in [1.29, 1.82) is 0 Å². The fourth-order valence-electron chi connectivity index (χ4n) is 1.30. The maximum absolute atomic E-state index is 2.29. The highest BCUT2D eigenvalue weighted by molar-refractivity contribution is 5.15. The van der Waals surface area contributed by atoms with Crippen LogP contribution in [0.1, 0.15) is 31.7 Å². The van der Waals surface area contributed by atoms with E-state index in [1.165, 1.54) is 31.2 Å². The van der Waals surface area contributed by atoms with Gasteiger partial charge >= 0.3 is 0 Å². The minimum absolute atomic E-state index is 1.17. The summed E-state index contributed by atoms with van der Waals surface area (Å²) in [5.41, 5.74) is 1.43. The smallest absolute Gasteiger partial charge is 0.0244 e. The molecule has 0 fully saturated rings. The van der Waals surface area contributed by atoms with Crippen molar-refractivity contribution < 1.29 is 0 Å². The summed E-state index contributed by atoms with van der Waals surface area (Å²) < 4.78 is 0. The predicted molar refractivity (Wildman–Crippen MR) is 58.8 cm³/mol. The Kier molecular flexibility index (Phi) is 5.00. The third kappa shape index (κ3) is 4.51. The van der Waals surface area contributed by atoms with E-state index in [0.29, 0.717) is 0 Å². The van der Waals surface area contributed by atoms with Crippen LogP contribution in [0, 0.1) is 0 Å². The molecule has 0 aliphatic heterocycles. The van der Waals surface area contributed by atoms with Crippen molar-refractivity contribution in [2.45, 2.75) is 32.6 Å². The number of allylic oxidation sites excluding steroid dienone is 2. The average Bonchev–Trinajstić information content (AvgIpc) is 2.19. The lowest BCUT2D eigenvalue weighted by Crippen LogP contribution is -1.80. The van der Waals surface area contributed by atoms with Gasteiger partial charge in [0.15, 0.2) is 0 Å². The first kappa shape index (κ1) is 10.0. The Morgan fingerprint density at radius 1 is 1.00 bits per heavy atom.